The van der Waals surface area contributed by atoms with E-state index in [0.717, 1.165) is 0 Å². The van der Waals surface area contributed by atoms with Crippen LogP contribution >= 0.6 is 81.2 Å². The Morgan fingerprint density at radius 3 is 0.993 bits per heavy atom. The summed E-state index contributed by atoms with van der Waals surface area (Å²) in [6, 6.07) is 14.4. The van der Waals surface area contributed by atoms with Gasteiger partial charge in [-0.15, -0.1) is 0 Å². The predicted molar refractivity (Wildman–Crippen MR) is 521 cm³/mol. The topological polar surface area (TPSA) is 363 Å². The van der Waals surface area contributed by atoms with Crippen LogP contribution in [0, 0.1) is 101 Å². The van der Waals surface area contributed by atoms with Gasteiger partial charge in [-0.05, 0) is 131 Å². The number of anilines is 6. The number of nitrogens with two attached hydrogens (primary N) is 3. The molecule has 12 heterocycles. The number of nitrogens with zero attached hydrogens (tertiary/aromatic N) is 18. The fraction of sp³-hybridized carbons (Fsp3) is 0.281. The summed E-state index contributed by atoms with van der Waals surface area (Å²) in [7, 11) is 0. The number of rotatable bonds is 15. The molecule has 0 spiro atoms. The molecule has 42 heteroatoms. The molecule has 27 nitrogen and oxygen atoms in total. The van der Waals surface area contributed by atoms with Gasteiger partial charge in [-0.25, -0.2) is 50.1 Å². The third-order valence-corrected chi connectivity index (χ3v) is 26.4. The van der Waals surface area contributed by atoms with E-state index in [1.165, 1.54) is 50.1 Å². The predicted octanol–water partition coefficient (Wildman–Crippen LogP) is 19.4. The number of carbonyl (C=O) groups is 3. The van der Waals surface area contributed by atoms with Gasteiger partial charge in [0.15, 0.2) is 46.5 Å². The van der Waals surface area contributed by atoms with Gasteiger partial charge < -0.3 is 46.6 Å². The van der Waals surface area contributed by atoms with E-state index in [1.807, 2.05) is 79.4 Å². The number of pyridine rings is 9. The molecule has 6 N–H and O–H groups in total. The summed E-state index contributed by atoms with van der Waals surface area (Å²) in [5.74, 6) is -12.9. The normalized spacial score (nSPS) is 15.0. The van der Waals surface area contributed by atoms with E-state index < -0.39 is 128 Å². The van der Waals surface area contributed by atoms with Crippen molar-refractivity contribution in [2.75, 3.05) is 90.8 Å². The van der Waals surface area contributed by atoms with Gasteiger partial charge in [0.05, 0.1) is 111 Å². The molecule has 3 saturated heterocycles. The van der Waals surface area contributed by atoms with Crippen LogP contribution in [0.5, 0.6) is 0 Å². The van der Waals surface area contributed by atoms with Crippen molar-refractivity contribution in [1.82, 2.24) is 58.3 Å². The molecule has 3 aromatic carbocycles. The minimum Gasteiger partial charge on any atom is -0.397 e. The number of nitriles is 3. The van der Waals surface area contributed by atoms with E-state index in [9.17, 15) is 62.1 Å². The van der Waals surface area contributed by atoms with Crippen molar-refractivity contribution in [2.45, 2.75) is 119 Å². The molecule has 3 aliphatic rings. The van der Waals surface area contributed by atoms with Crippen LogP contribution in [-0.4, -0.2) is 153 Å². The van der Waals surface area contributed by atoms with Crippen LogP contribution in [-0.2, 0) is 14.4 Å². The highest BCUT2D eigenvalue weighted by molar-refractivity contribution is 6.39. The fourth-order valence-corrected chi connectivity index (χ4v) is 19.1. The molecule has 138 heavy (non-hydrogen) atoms. The largest absolute Gasteiger partial charge is 0.397 e. The number of hydrogen-bond donors (Lipinski definition) is 3. The summed E-state index contributed by atoms with van der Waals surface area (Å²) < 4.78 is 124. The van der Waals surface area contributed by atoms with Crippen LogP contribution in [0.4, 0.5) is 69.2 Å². The highest BCUT2D eigenvalue weighted by Crippen LogP contribution is 2.49. The first-order chi connectivity index (χ1) is 65.2. The number of hydrogen-bond acceptors (Lipinski definition) is 21. The molecule has 12 aromatic rings. The van der Waals surface area contributed by atoms with Crippen molar-refractivity contribution >= 4 is 166 Å². The lowest BCUT2D eigenvalue weighted by Gasteiger charge is -2.41. The SMILES string of the molecule is C=CC(=O)N1CCN(c2c(C#N)c(=O)n(-c3c(C)ccnc3C(C)C)c3nc(-c4c(F)c(N)c(F)c(Cl)c4F)c(Cl)cc23)C[C@H]1C.C=CC(=O)N1CCN(c2c(C#N)c(=O)n(-c3c(C)ccnc3C(C)C)c3nc(-c4c(F)c(N)c(F)c(F)c4Cl)c(Cl)cc23)C[C@H]1C.C=CC(=O)N1CCN(c2c(C#N)c(=O)n(-c3c(C)ccnc3C(C)C)c3nc(-c4c(N)c(Cl)c(F)c(Cl)c4F)c(Cl)cc23)C[C@H]1C. The molecular weight excluding hydrogens is 1940 g/mol. The summed E-state index contributed by atoms with van der Waals surface area (Å²) in [5, 5.41) is 27.8. The van der Waals surface area contributed by atoms with Crippen LogP contribution < -0.4 is 48.6 Å². The zero-order chi connectivity index (χ0) is 101. The third-order valence-electron chi connectivity index (χ3n) is 24.2. The number of aromatic nitrogens is 9. The van der Waals surface area contributed by atoms with Crippen molar-refractivity contribution in [3.63, 3.8) is 0 Å². The molecule has 0 radical (unpaired) electrons. The van der Waals surface area contributed by atoms with Crippen molar-refractivity contribution in [2.24, 2.45) is 0 Å². The van der Waals surface area contributed by atoms with Gasteiger partial charge in [0.1, 0.15) is 78.3 Å². The smallest absolute Gasteiger partial charge is 0.276 e. The minimum absolute atomic E-state index is 0.00372. The van der Waals surface area contributed by atoms with Crippen molar-refractivity contribution in [1.29, 1.82) is 15.8 Å². The molecule has 0 unspecified atom stereocenters. The number of benzene rings is 3. The second-order valence-electron chi connectivity index (χ2n) is 33.8. The Hall–Kier alpha value is -13.4. The number of nitrogen functional groups attached to an aromatic ring is 3. The lowest BCUT2D eigenvalue weighted by Crippen LogP contribution is -2.54. The summed E-state index contributed by atoms with van der Waals surface area (Å²) in [6.07, 6.45) is 8.44. The minimum atomic E-state index is -1.67. The third kappa shape index (κ3) is 17.7. The first-order valence-corrected chi connectivity index (χ1v) is 45.2. The maximum atomic E-state index is 15.6. The van der Waals surface area contributed by atoms with Crippen LogP contribution in [0.3, 0.4) is 0 Å². The number of amides is 3. The summed E-state index contributed by atoms with van der Waals surface area (Å²) >= 11 is 44.0. The monoisotopic (exact) mass is 2020 g/mol. The Bertz CT molecular complexity index is 6790. The van der Waals surface area contributed by atoms with E-state index in [0.29, 0.717) is 50.8 Å². The van der Waals surface area contributed by atoms with E-state index in [-0.39, 0.29) is 200 Å². The Morgan fingerprint density at radius 1 is 0.399 bits per heavy atom. The molecule has 3 fully saturated rings. The van der Waals surface area contributed by atoms with Gasteiger partial charge in [-0.1, -0.05) is 142 Å². The second kappa shape index (κ2) is 40.3. The maximum Gasteiger partial charge on any atom is 0.276 e. The Morgan fingerprint density at radius 2 is 0.688 bits per heavy atom. The molecule has 3 atom stereocenters. The molecule has 3 aliphatic heterocycles. The second-order valence-corrected chi connectivity index (χ2v) is 36.5. The highest BCUT2D eigenvalue weighted by atomic mass is 35.5. The summed E-state index contributed by atoms with van der Waals surface area (Å²) in [5.41, 5.74) is 13.4. The molecule has 0 aliphatic carbocycles. The van der Waals surface area contributed by atoms with E-state index >= 15 is 17.6 Å². The summed E-state index contributed by atoms with van der Waals surface area (Å²) in [4.78, 5) is 118. The van der Waals surface area contributed by atoms with Crippen LogP contribution in [0.2, 0.25) is 35.2 Å². The van der Waals surface area contributed by atoms with Crippen LogP contribution in [0.25, 0.3) is 83.9 Å². The van der Waals surface area contributed by atoms with Crippen molar-refractivity contribution in [3.8, 4) is 69.0 Å². The number of halogens is 15. The molecule has 0 bridgehead atoms. The van der Waals surface area contributed by atoms with Crippen molar-refractivity contribution in [3.05, 3.63) is 256 Å². The highest BCUT2D eigenvalue weighted by Gasteiger charge is 2.40. The molecule has 714 valence electrons. The number of carbonyl (C=O) groups excluding carboxylic acids is 3. The van der Waals surface area contributed by atoms with Crippen LogP contribution in [0.1, 0.15) is 131 Å². The van der Waals surface area contributed by atoms with E-state index in [1.54, 1.807) is 82.1 Å². The molecular formula is C96H84Cl7F8N21O6. The van der Waals surface area contributed by atoms with Gasteiger partial charge in [-0.3, -0.25) is 57.4 Å². The quantitative estimate of drug-likeness (QED) is 0.0282. The Kier molecular flexibility index (Phi) is 29.8. The fourth-order valence-electron chi connectivity index (χ4n) is 17.5. The standard InChI is InChI=1S/C32H28Cl3F2N7O2.2C32H28Cl2F3N7O2/c1-6-20(45)43-10-9-42(13-16(43)5)30-17-11-19(33)28(21-24(36)22(34)25(37)23(35)26(21)39)41-31(17)44(32(46)18(30)12-38)29-15(4)7-8-40-27(29)14(2)3;1-6-20(45)43-10-9-42(13-16(43)5)30-17-11-19(33)28(21-23(35)22(34)25(37)26(39)24(21)36)41-31(17)44(32(46)18(30)12-38)29-15(4)7-8-40-27(29)14(2)3;1-6-20(45)43-10-9-42(13-16(43)5)30-17-11-19(33)28(21-22(34)24(36)25(37)26(39)23(21)35)41-31(17)44(32(46)18(30)12-38)29-15(4)7-8-40-27(29)14(2)3/h3*6-8,11,14,16H,1,9-10,13,39H2,2-5H3/t3*16-/m111/s1. The van der Waals surface area contributed by atoms with E-state index in [2.05, 4.69) is 50.7 Å². The van der Waals surface area contributed by atoms with Gasteiger partial charge >= 0.3 is 0 Å². The lowest BCUT2D eigenvalue weighted by atomic mass is 10.0. The first kappa shape index (κ1) is 102. The number of aryl methyl sites for hydroxylation is 3. The number of fused-ring (bicyclic) bond motifs is 3. The molecule has 9 aromatic heterocycles. The first-order valence-electron chi connectivity index (χ1n) is 42.6. The average Bonchev–Trinajstić information content (AvgIpc) is 0.726. The van der Waals surface area contributed by atoms with Gasteiger partial charge in [0, 0.05) is 112 Å². The van der Waals surface area contributed by atoms with Gasteiger partial charge in [0.25, 0.3) is 16.7 Å². The van der Waals surface area contributed by atoms with Crippen molar-refractivity contribution < 1.29 is 49.5 Å². The lowest BCUT2D eigenvalue weighted by molar-refractivity contribution is -0.129. The number of piperazine rings is 3. The zero-order valence-corrected chi connectivity index (χ0v) is 81.1. The van der Waals surface area contributed by atoms with E-state index in [4.69, 9.17) is 103 Å². The van der Waals surface area contributed by atoms with Gasteiger partial charge in [-0.2, -0.15) is 15.8 Å². The zero-order valence-electron chi connectivity index (χ0n) is 75.8. The molecule has 0 saturated carbocycles. The molecule has 15 rings (SSSR count). The average molecular weight is 2030 g/mol. The van der Waals surface area contributed by atoms with Crippen LogP contribution in [0.15, 0.2) is 107 Å². The maximum absolute atomic E-state index is 15.6. The molecule has 3 amide bonds. The Labute approximate surface area is 819 Å². The Balaban J connectivity index is 0.000000175. The summed E-state index contributed by atoms with van der Waals surface area (Å²) in [6.45, 7) is 35.0. The van der Waals surface area contributed by atoms with Gasteiger partial charge in [0.2, 0.25) is 17.7 Å².